The lowest BCUT2D eigenvalue weighted by atomic mass is 9.86. The molecule has 1 aliphatic rings. The molecule has 2 nitrogen and oxygen atoms in total. The summed E-state index contributed by atoms with van der Waals surface area (Å²) in [7, 11) is 2.24. The molecule has 1 aromatic rings. The Kier molecular flexibility index (Phi) is 5.24. The van der Waals surface area contributed by atoms with Crippen LogP contribution in [0.2, 0.25) is 0 Å². The number of nitrogens with two attached hydrogens (primary N) is 1. The third-order valence-corrected chi connectivity index (χ3v) is 5.77. The number of hydrogen-bond acceptors (Lipinski definition) is 3. The Hall–Kier alpha value is 0.100. The van der Waals surface area contributed by atoms with Crippen LogP contribution in [0.25, 0.3) is 0 Å². The second-order valence-electron chi connectivity index (χ2n) is 5.51. The van der Waals surface area contributed by atoms with Crippen molar-refractivity contribution in [2.75, 3.05) is 13.6 Å². The highest BCUT2D eigenvalue weighted by atomic mass is 79.9. The van der Waals surface area contributed by atoms with Gasteiger partial charge in [0.15, 0.2) is 0 Å². The van der Waals surface area contributed by atoms with Gasteiger partial charge in [0.1, 0.15) is 0 Å². The zero-order valence-corrected chi connectivity index (χ0v) is 13.6. The Morgan fingerprint density at radius 3 is 2.61 bits per heavy atom. The van der Waals surface area contributed by atoms with Gasteiger partial charge in [0.25, 0.3) is 0 Å². The summed E-state index contributed by atoms with van der Waals surface area (Å²) in [5, 5.41) is 2.23. The summed E-state index contributed by atoms with van der Waals surface area (Å²) in [4.78, 5) is 2.50. The molecule has 1 unspecified atom stereocenters. The molecule has 1 aliphatic carbocycles. The van der Waals surface area contributed by atoms with Crippen LogP contribution in [-0.4, -0.2) is 24.5 Å². The van der Waals surface area contributed by atoms with Gasteiger partial charge in [0.2, 0.25) is 0 Å². The van der Waals surface area contributed by atoms with Crippen molar-refractivity contribution in [3.8, 4) is 0 Å². The highest BCUT2D eigenvalue weighted by Crippen LogP contribution is 2.33. The molecule has 4 heteroatoms. The first-order valence-electron chi connectivity index (χ1n) is 6.77. The van der Waals surface area contributed by atoms with E-state index in [9.17, 15) is 0 Å². The molecule has 0 radical (unpaired) electrons. The summed E-state index contributed by atoms with van der Waals surface area (Å²) < 4.78 is 1.20. The second kappa shape index (κ2) is 6.51. The first kappa shape index (κ1) is 14.5. The van der Waals surface area contributed by atoms with Crippen molar-refractivity contribution in [1.29, 1.82) is 0 Å². The molecule has 0 aromatic carbocycles. The van der Waals surface area contributed by atoms with Gasteiger partial charge >= 0.3 is 0 Å². The van der Waals surface area contributed by atoms with E-state index >= 15 is 0 Å². The first-order chi connectivity index (χ1) is 8.61. The largest absolute Gasteiger partial charge is 0.329 e. The summed E-state index contributed by atoms with van der Waals surface area (Å²) >= 11 is 5.29. The van der Waals surface area contributed by atoms with E-state index in [2.05, 4.69) is 46.2 Å². The minimum atomic E-state index is 0.367. The van der Waals surface area contributed by atoms with Crippen molar-refractivity contribution in [3.63, 3.8) is 0 Å². The molecule has 102 valence electrons. The van der Waals surface area contributed by atoms with Gasteiger partial charge in [0.05, 0.1) is 3.79 Å². The highest BCUT2D eigenvalue weighted by molar-refractivity contribution is 9.11. The van der Waals surface area contributed by atoms with E-state index in [4.69, 9.17) is 5.73 Å². The molecule has 1 heterocycles. The van der Waals surface area contributed by atoms with Crippen LogP contribution in [0.4, 0.5) is 0 Å². The molecule has 0 amide bonds. The average molecular weight is 331 g/mol. The Balaban J connectivity index is 2.03. The Morgan fingerprint density at radius 2 is 2.11 bits per heavy atom. The van der Waals surface area contributed by atoms with Crippen molar-refractivity contribution < 1.29 is 0 Å². The minimum Gasteiger partial charge on any atom is -0.329 e. The molecule has 0 bridgehead atoms. The van der Waals surface area contributed by atoms with Crippen molar-refractivity contribution in [3.05, 3.63) is 20.8 Å². The molecule has 0 spiro atoms. The third kappa shape index (κ3) is 3.35. The van der Waals surface area contributed by atoms with Gasteiger partial charge in [-0.3, -0.25) is 4.90 Å². The molecule has 1 saturated carbocycles. The van der Waals surface area contributed by atoms with E-state index in [1.54, 1.807) is 11.3 Å². The number of rotatable bonds is 4. The smallest absolute Gasteiger partial charge is 0.0701 e. The predicted molar refractivity (Wildman–Crippen MR) is 83.0 cm³/mol. The van der Waals surface area contributed by atoms with Crippen LogP contribution >= 0.6 is 27.3 Å². The lowest BCUT2D eigenvalue weighted by Gasteiger charge is -2.38. The number of halogens is 1. The van der Waals surface area contributed by atoms with Gasteiger partial charge in [-0.1, -0.05) is 6.92 Å². The zero-order chi connectivity index (χ0) is 13.1. The van der Waals surface area contributed by atoms with E-state index in [0.717, 1.165) is 5.92 Å². The van der Waals surface area contributed by atoms with Gasteiger partial charge < -0.3 is 5.73 Å². The van der Waals surface area contributed by atoms with E-state index in [1.807, 2.05) is 0 Å². The standard InChI is InChI=1S/C14H23BrN2S/c1-10-3-5-12(6-4-10)17(2)13(8-16)11-7-14(15)18-9-11/h7,9-10,12-13H,3-6,8,16H2,1-2H3. The Labute approximate surface area is 123 Å². The van der Waals surface area contributed by atoms with Gasteiger partial charge in [-0.2, -0.15) is 0 Å². The number of likely N-dealkylation sites (N-methyl/N-ethyl adjacent to an activating group) is 1. The second-order valence-corrected chi connectivity index (χ2v) is 7.81. The minimum absolute atomic E-state index is 0.367. The average Bonchev–Trinajstić information content (AvgIpc) is 2.77. The Bertz CT molecular complexity index is 372. The van der Waals surface area contributed by atoms with Gasteiger partial charge in [0, 0.05) is 18.6 Å². The van der Waals surface area contributed by atoms with E-state index < -0.39 is 0 Å². The predicted octanol–water partition coefficient (Wildman–Crippen LogP) is 4.02. The SMILES string of the molecule is CC1CCC(N(C)C(CN)c2csc(Br)c2)CC1. The molecular formula is C14H23BrN2S. The molecule has 1 atom stereocenters. The fourth-order valence-electron chi connectivity index (χ4n) is 2.94. The van der Waals surface area contributed by atoms with Crippen molar-refractivity contribution in [2.45, 2.75) is 44.7 Å². The molecule has 1 aromatic heterocycles. The zero-order valence-electron chi connectivity index (χ0n) is 11.2. The first-order valence-corrected chi connectivity index (χ1v) is 8.45. The van der Waals surface area contributed by atoms with Crippen molar-refractivity contribution >= 4 is 27.3 Å². The van der Waals surface area contributed by atoms with Crippen LogP contribution in [-0.2, 0) is 0 Å². The number of nitrogens with zero attached hydrogens (tertiary/aromatic N) is 1. The molecule has 1 fully saturated rings. The van der Waals surface area contributed by atoms with E-state index in [0.29, 0.717) is 18.6 Å². The normalized spacial score (nSPS) is 26.5. The van der Waals surface area contributed by atoms with Crippen molar-refractivity contribution in [1.82, 2.24) is 4.90 Å². The van der Waals surface area contributed by atoms with Crippen molar-refractivity contribution in [2.24, 2.45) is 11.7 Å². The summed E-state index contributed by atoms with van der Waals surface area (Å²) in [6.45, 7) is 3.07. The summed E-state index contributed by atoms with van der Waals surface area (Å²) in [5.74, 6) is 0.904. The molecule has 0 aliphatic heterocycles. The summed E-state index contributed by atoms with van der Waals surface area (Å²) in [6, 6.07) is 3.28. The quantitative estimate of drug-likeness (QED) is 0.903. The Morgan fingerprint density at radius 1 is 1.44 bits per heavy atom. The molecular weight excluding hydrogens is 308 g/mol. The van der Waals surface area contributed by atoms with E-state index in [-0.39, 0.29) is 0 Å². The number of hydrogen-bond donors (Lipinski definition) is 1. The van der Waals surface area contributed by atoms with Crippen LogP contribution < -0.4 is 5.73 Å². The van der Waals surface area contributed by atoms with Gasteiger partial charge in [-0.15, -0.1) is 11.3 Å². The third-order valence-electron chi connectivity index (χ3n) is 4.25. The monoisotopic (exact) mass is 330 g/mol. The van der Waals surface area contributed by atoms with Crippen LogP contribution in [0, 0.1) is 5.92 Å². The summed E-state index contributed by atoms with van der Waals surface area (Å²) in [6.07, 6.45) is 5.36. The molecule has 18 heavy (non-hydrogen) atoms. The van der Waals surface area contributed by atoms with Crippen LogP contribution in [0.1, 0.15) is 44.2 Å². The van der Waals surface area contributed by atoms with E-state index in [1.165, 1.54) is 35.0 Å². The molecule has 0 saturated heterocycles. The van der Waals surface area contributed by atoms with Crippen LogP contribution in [0.15, 0.2) is 15.2 Å². The van der Waals surface area contributed by atoms with Crippen LogP contribution in [0.5, 0.6) is 0 Å². The summed E-state index contributed by atoms with van der Waals surface area (Å²) in [5.41, 5.74) is 7.35. The maximum absolute atomic E-state index is 6.00. The van der Waals surface area contributed by atoms with Gasteiger partial charge in [-0.05, 0) is 71.6 Å². The fraction of sp³-hybridized carbons (Fsp3) is 0.714. The fourth-order valence-corrected chi connectivity index (χ4v) is 4.16. The maximum Gasteiger partial charge on any atom is 0.0701 e. The maximum atomic E-state index is 6.00. The van der Waals surface area contributed by atoms with Gasteiger partial charge in [-0.25, -0.2) is 0 Å². The number of thiophene rings is 1. The topological polar surface area (TPSA) is 29.3 Å². The lowest BCUT2D eigenvalue weighted by Crippen LogP contribution is -2.40. The highest BCUT2D eigenvalue weighted by Gasteiger charge is 2.27. The molecule has 2 N–H and O–H groups in total. The molecule has 2 rings (SSSR count). The van der Waals surface area contributed by atoms with Crippen LogP contribution in [0.3, 0.4) is 0 Å². The lowest BCUT2D eigenvalue weighted by molar-refractivity contribution is 0.126.